The molecule has 0 atom stereocenters. The van der Waals surface area contributed by atoms with E-state index in [2.05, 4.69) is 30.2 Å². The fourth-order valence-electron chi connectivity index (χ4n) is 2.84. The van der Waals surface area contributed by atoms with Gasteiger partial charge < -0.3 is 5.32 Å². The van der Waals surface area contributed by atoms with Gasteiger partial charge in [-0.1, -0.05) is 43.5 Å². The highest BCUT2D eigenvalue weighted by Gasteiger charge is 2.15. The van der Waals surface area contributed by atoms with Crippen molar-refractivity contribution in [3.63, 3.8) is 0 Å². The third-order valence-corrected chi connectivity index (χ3v) is 4.40. The van der Waals surface area contributed by atoms with Crippen LogP contribution in [0.15, 0.2) is 30.3 Å². The molecule has 0 saturated heterocycles. The van der Waals surface area contributed by atoms with Gasteiger partial charge in [0.2, 0.25) is 0 Å². The number of nitrogens with one attached hydrogen (secondary N) is 1. The van der Waals surface area contributed by atoms with Gasteiger partial charge in [0.25, 0.3) is 0 Å². The van der Waals surface area contributed by atoms with E-state index in [4.69, 9.17) is 16.7 Å². The Kier molecular flexibility index (Phi) is 5.05. The number of hydrogen-bond acceptors (Lipinski definition) is 3. The molecule has 0 aliphatic rings. The van der Waals surface area contributed by atoms with Gasteiger partial charge in [0.15, 0.2) is 5.65 Å². The lowest BCUT2D eigenvalue weighted by Crippen LogP contribution is -2.08. The molecular formula is C19H23ClN4. The van der Waals surface area contributed by atoms with Gasteiger partial charge in [0, 0.05) is 34.5 Å². The average molecular weight is 343 g/mol. The molecule has 0 fully saturated rings. The summed E-state index contributed by atoms with van der Waals surface area (Å²) in [5.41, 5.74) is 4.97. The van der Waals surface area contributed by atoms with Gasteiger partial charge in [-0.3, -0.25) is 0 Å². The summed E-state index contributed by atoms with van der Waals surface area (Å²) in [6.07, 6.45) is 3.60. The maximum atomic E-state index is 6.00. The van der Waals surface area contributed by atoms with Crippen molar-refractivity contribution in [1.82, 2.24) is 14.6 Å². The monoisotopic (exact) mass is 342 g/mol. The van der Waals surface area contributed by atoms with E-state index >= 15 is 0 Å². The SMILES string of the molecule is CCCCCNc1cc(C)nc2c(C)c(-c3ccc(Cl)cc3)nn12. The molecular weight excluding hydrogens is 320 g/mol. The number of hydrogen-bond donors (Lipinski definition) is 1. The Morgan fingerprint density at radius 3 is 2.58 bits per heavy atom. The molecule has 0 saturated carbocycles. The number of anilines is 1. The summed E-state index contributed by atoms with van der Waals surface area (Å²) >= 11 is 6.00. The van der Waals surface area contributed by atoms with E-state index in [0.717, 1.165) is 52.0 Å². The minimum absolute atomic E-state index is 0.729. The van der Waals surface area contributed by atoms with E-state index < -0.39 is 0 Å². The van der Waals surface area contributed by atoms with Crippen LogP contribution in [0, 0.1) is 13.8 Å². The highest BCUT2D eigenvalue weighted by Crippen LogP contribution is 2.27. The van der Waals surface area contributed by atoms with Crippen LogP contribution in [0.5, 0.6) is 0 Å². The van der Waals surface area contributed by atoms with Crippen LogP contribution in [0.25, 0.3) is 16.9 Å². The maximum absolute atomic E-state index is 6.00. The van der Waals surface area contributed by atoms with E-state index in [1.54, 1.807) is 0 Å². The number of unbranched alkanes of at least 4 members (excludes halogenated alkanes) is 2. The van der Waals surface area contributed by atoms with Gasteiger partial charge in [-0.05, 0) is 32.4 Å². The predicted molar refractivity (Wildman–Crippen MR) is 101 cm³/mol. The lowest BCUT2D eigenvalue weighted by Gasteiger charge is -2.09. The van der Waals surface area contributed by atoms with Gasteiger partial charge >= 0.3 is 0 Å². The number of nitrogens with zero attached hydrogens (tertiary/aromatic N) is 3. The Bertz CT molecular complexity index is 837. The van der Waals surface area contributed by atoms with Crippen LogP contribution in [-0.4, -0.2) is 21.1 Å². The lowest BCUT2D eigenvalue weighted by atomic mass is 10.1. The molecule has 2 heterocycles. The second-order valence-corrected chi connectivity index (χ2v) is 6.57. The van der Waals surface area contributed by atoms with E-state index in [1.165, 1.54) is 12.8 Å². The maximum Gasteiger partial charge on any atom is 0.161 e. The van der Waals surface area contributed by atoms with Gasteiger partial charge in [0.1, 0.15) is 5.82 Å². The smallest absolute Gasteiger partial charge is 0.161 e. The Balaban J connectivity index is 2.01. The summed E-state index contributed by atoms with van der Waals surface area (Å²) in [6, 6.07) is 9.83. The first-order valence-corrected chi connectivity index (χ1v) is 8.84. The second-order valence-electron chi connectivity index (χ2n) is 6.13. The minimum atomic E-state index is 0.729. The zero-order valence-electron chi connectivity index (χ0n) is 14.4. The number of halogens is 1. The predicted octanol–water partition coefficient (Wildman–Crippen LogP) is 5.27. The third kappa shape index (κ3) is 3.39. The molecule has 0 radical (unpaired) electrons. The largest absolute Gasteiger partial charge is 0.370 e. The molecule has 24 heavy (non-hydrogen) atoms. The van der Waals surface area contributed by atoms with Crippen LogP contribution in [0.1, 0.15) is 37.4 Å². The summed E-state index contributed by atoms with van der Waals surface area (Å²) in [7, 11) is 0. The Morgan fingerprint density at radius 2 is 1.88 bits per heavy atom. The summed E-state index contributed by atoms with van der Waals surface area (Å²) in [4.78, 5) is 4.68. The van der Waals surface area contributed by atoms with Gasteiger partial charge in [-0.2, -0.15) is 9.61 Å². The number of aromatic nitrogens is 3. The normalized spacial score (nSPS) is 11.2. The Hall–Kier alpha value is -2.07. The Labute approximate surface area is 147 Å². The highest BCUT2D eigenvalue weighted by atomic mass is 35.5. The summed E-state index contributed by atoms with van der Waals surface area (Å²) in [5, 5.41) is 9.03. The van der Waals surface area contributed by atoms with E-state index in [9.17, 15) is 0 Å². The van der Waals surface area contributed by atoms with E-state index in [1.807, 2.05) is 35.7 Å². The fourth-order valence-corrected chi connectivity index (χ4v) is 2.97. The van der Waals surface area contributed by atoms with Crippen LogP contribution in [0.3, 0.4) is 0 Å². The van der Waals surface area contributed by atoms with Crippen molar-refractivity contribution >= 4 is 23.1 Å². The summed E-state index contributed by atoms with van der Waals surface area (Å²) in [5.74, 6) is 0.997. The number of benzene rings is 1. The van der Waals surface area contributed by atoms with Gasteiger partial charge in [-0.25, -0.2) is 4.98 Å². The van der Waals surface area contributed by atoms with Gasteiger partial charge in [0.05, 0.1) is 5.69 Å². The molecule has 4 nitrogen and oxygen atoms in total. The molecule has 0 amide bonds. The van der Waals surface area contributed by atoms with Crippen molar-refractivity contribution in [2.75, 3.05) is 11.9 Å². The summed E-state index contributed by atoms with van der Waals surface area (Å²) < 4.78 is 1.91. The van der Waals surface area contributed by atoms with E-state index in [-0.39, 0.29) is 0 Å². The number of aryl methyl sites for hydroxylation is 2. The van der Waals surface area contributed by atoms with Crippen LogP contribution in [-0.2, 0) is 0 Å². The first-order chi connectivity index (χ1) is 11.6. The average Bonchev–Trinajstić information content (AvgIpc) is 2.89. The molecule has 126 valence electrons. The van der Waals surface area contributed by atoms with E-state index in [0.29, 0.717) is 0 Å². The third-order valence-electron chi connectivity index (χ3n) is 4.15. The molecule has 0 aliphatic carbocycles. The van der Waals surface area contributed by atoms with Crippen molar-refractivity contribution < 1.29 is 0 Å². The van der Waals surface area contributed by atoms with Crippen molar-refractivity contribution in [2.24, 2.45) is 0 Å². The van der Waals surface area contributed by atoms with Crippen molar-refractivity contribution in [3.05, 3.63) is 46.6 Å². The number of rotatable bonds is 6. The molecule has 5 heteroatoms. The van der Waals surface area contributed by atoms with Crippen LogP contribution < -0.4 is 5.32 Å². The van der Waals surface area contributed by atoms with Crippen molar-refractivity contribution in [2.45, 2.75) is 40.0 Å². The summed E-state index contributed by atoms with van der Waals surface area (Å²) in [6.45, 7) is 7.25. The highest BCUT2D eigenvalue weighted by molar-refractivity contribution is 6.30. The standard InChI is InChI=1S/C19H23ClN4/c1-4-5-6-11-21-17-12-13(2)22-19-14(3)18(23-24(17)19)15-7-9-16(20)10-8-15/h7-10,12,21H,4-6,11H2,1-3H3. The molecule has 0 bridgehead atoms. The van der Waals surface area contributed by atoms with Crippen molar-refractivity contribution in [3.8, 4) is 11.3 Å². The first-order valence-electron chi connectivity index (χ1n) is 8.47. The topological polar surface area (TPSA) is 42.2 Å². The zero-order chi connectivity index (χ0) is 17.1. The van der Waals surface area contributed by atoms with Crippen LogP contribution in [0.4, 0.5) is 5.82 Å². The molecule has 3 aromatic rings. The lowest BCUT2D eigenvalue weighted by molar-refractivity contribution is 0.739. The van der Waals surface area contributed by atoms with Crippen LogP contribution >= 0.6 is 11.6 Å². The minimum Gasteiger partial charge on any atom is -0.370 e. The molecule has 0 unspecified atom stereocenters. The van der Waals surface area contributed by atoms with Crippen molar-refractivity contribution in [1.29, 1.82) is 0 Å². The quantitative estimate of drug-likeness (QED) is 0.620. The molecule has 1 N–H and O–H groups in total. The molecule has 1 aromatic carbocycles. The molecule has 3 rings (SSSR count). The van der Waals surface area contributed by atoms with Gasteiger partial charge in [-0.15, -0.1) is 0 Å². The molecule has 0 spiro atoms. The fraction of sp³-hybridized carbons (Fsp3) is 0.368. The molecule has 2 aromatic heterocycles. The number of fused-ring (bicyclic) bond motifs is 1. The Morgan fingerprint density at radius 1 is 1.12 bits per heavy atom. The second kappa shape index (κ2) is 7.22. The first kappa shape index (κ1) is 16.8. The molecule has 0 aliphatic heterocycles. The zero-order valence-corrected chi connectivity index (χ0v) is 15.2. The van der Waals surface area contributed by atoms with Crippen LogP contribution in [0.2, 0.25) is 5.02 Å².